The summed E-state index contributed by atoms with van der Waals surface area (Å²) in [6, 6.07) is 8.95. The van der Waals surface area contributed by atoms with Gasteiger partial charge in [0, 0.05) is 37.2 Å². The number of carbonyl (C=O) groups is 1. The summed E-state index contributed by atoms with van der Waals surface area (Å²) in [5.74, 6) is 0.219. The zero-order valence-corrected chi connectivity index (χ0v) is 15.3. The lowest BCUT2D eigenvalue weighted by atomic mass is 9.99. The Balaban J connectivity index is 1.67. The molecule has 2 aliphatic heterocycles. The van der Waals surface area contributed by atoms with Crippen molar-refractivity contribution in [1.82, 2.24) is 4.90 Å². The first-order valence-corrected chi connectivity index (χ1v) is 9.69. The Morgan fingerprint density at radius 2 is 1.88 bits per heavy atom. The van der Waals surface area contributed by atoms with Crippen molar-refractivity contribution in [3.05, 3.63) is 40.3 Å². The van der Waals surface area contributed by atoms with E-state index in [1.54, 1.807) is 11.3 Å². The normalized spacial score (nSPS) is 17.2. The molecule has 4 heteroatoms. The van der Waals surface area contributed by atoms with Crippen LogP contribution in [0.5, 0.6) is 0 Å². The minimum atomic E-state index is 0.219. The number of carbonyl (C=O) groups excluding carboxylic acids is 1. The van der Waals surface area contributed by atoms with Gasteiger partial charge in [0.25, 0.3) is 5.91 Å². The number of thiophene rings is 1. The van der Waals surface area contributed by atoms with Crippen LogP contribution in [0.4, 0.5) is 5.69 Å². The third-order valence-electron chi connectivity index (χ3n) is 5.23. The molecule has 4 rings (SSSR count). The Morgan fingerprint density at radius 3 is 2.67 bits per heavy atom. The van der Waals surface area contributed by atoms with E-state index in [1.807, 2.05) is 4.90 Å². The Kier molecular flexibility index (Phi) is 4.09. The molecule has 2 aromatic rings. The van der Waals surface area contributed by atoms with Gasteiger partial charge in [-0.2, -0.15) is 0 Å². The van der Waals surface area contributed by atoms with Gasteiger partial charge in [-0.3, -0.25) is 4.79 Å². The van der Waals surface area contributed by atoms with E-state index in [4.69, 9.17) is 0 Å². The highest BCUT2D eigenvalue weighted by molar-refractivity contribution is 7.17. The van der Waals surface area contributed by atoms with Crippen LogP contribution in [-0.4, -0.2) is 37.5 Å². The molecule has 1 aromatic heterocycles. The van der Waals surface area contributed by atoms with Crippen molar-refractivity contribution in [2.24, 2.45) is 0 Å². The molecular formula is C20H24N2OS. The number of anilines is 1. The zero-order chi connectivity index (χ0) is 16.7. The molecule has 1 aromatic carbocycles. The van der Waals surface area contributed by atoms with Gasteiger partial charge >= 0.3 is 0 Å². The summed E-state index contributed by atoms with van der Waals surface area (Å²) in [5, 5.41) is 0. The molecule has 1 fully saturated rings. The molecule has 3 nitrogen and oxygen atoms in total. The minimum absolute atomic E-state index is 0.219. The average molecular weight is 340 g/mol. The van der Waals surface area contributed by atoms with E-state index < -0.39 is 0 Å². The fraction of sp³-hybridized carbons (Fsp3) is 0.450. The number of aryl methyl sites for hydroxylation is 2. The van der Waals surface area contributed by atoms with Crippen molar-refractivity contribution in [2.75, 3.05) is 31.6 Å². The van der Waals surface area contributed by atoms with Gasteiger partial charge in [0.1, 0.15) is 0 Å². The molecule has 2 aliphatic rings. The van der Waals surface area contributed by atoms with Gasteiger partial charge in [-0.15, -0.1) is 11.3 Å². The van der Waals surface area contributed by atoms with Crippen molar-refractivity contribution in [1.29, 1.82) is 0 Å². The van der Waals surface area contributed by atoms with Crippen molar-refractivity contribution in [2.45, 2.75) is 32.6 Å². The van der Waals surface area contributed by atoms with Crippen LogP contribution in [0.1, 0.15) is 40.1 Å². The van der Waals surface area contributed by atoms with Gasteiger partial charge in [0.05, 0.1) is 4.88 Å². The van der Waals surface area contributed by atoms with Crippen molar-refractivity contribution in [3.63, 3.8) is 0 Å². The summed E-state index contributed by atoms with van der Waals surface area (Å²) in [4.78, 5) is 19.2. The first-order chi connectivity index (χ1) is 11.6. The van der Waals surface area contributed by atoms with Crippen LogP contribution in [-0.2, 0) is 6.42 Å². The van der Waals surface area contributed by atoms with Crippen molar-refractivity contribution < 1.29 is 4.79 Å². The summed E-state index contributed by atoms with van der Waals surface area (Å²) in [7, 11) is 2.17. The maximum absolute atomic E-state index is 12.7. The highest BCUT2D eigenvalue weighted by atomic mass is 32.1. The monoisotopic (exact) mass is 340 g/mol. The van der Waals surface area contributed by atoms with E-state index in [-0.39, 0.29) is 5.91 Å². The number of likely N-dealkylation sites (tertiary alicyclic amines) is 1. The van der Waals surface area contributed by atoms with Crippen LogP contribution in [0.3, 0.4) is 0 Å². The third-order valence-corrected chi connectivity index (χ3v) is 6.50. The van der Waals surface area contributed by atoms with Gasteiger partial charge in [-0.05, 0) is 61.4 Å². The highest BCUT2D eigenvalue weighted by Crippen LogP contribution is 2.36. The Hall–Kier alpha value is -1.81. The molecule has 0 bridgehead atoms. The van der Waals surface area contributed by atoms with Crippen molar-refractivity contribution >= 4 is 22.9 Å². The van der Waals surface area contributed by atoms with Gasteiger partial charge in [-0.1, -0.05) is 12.1 Å². The van der Waals surface area contributed by atoms with Crippen LogP contribution in [0.2, 0.25) is 0 Å². The molecule has 0 spiro atoms. The molecule has 24 heavy (non-hydrogen) atoms. The molecule has 0 unspecified atom stereocenters. The van der Waals surface area contributed by atoms with Crippen LogP contribution >= 0.6 is 11.3 Å². The average Bonchev–Trinajstić information content (AvgIpc) is 3.24. The quantitative estimate of drug-likeness (QED) is 0.812. The molecular weight excluding hydrogens is 316 g/mol. The first kappa shape index (κ1) is 15.7. The fourth-order valence-corrected chi connectivity index (χ4v) is 4.95. The van der Waals surface area contributed by atoms with Gasteiger partial charge in [0.15, 0.2) is 0 Å². The number of nitrogens with zero attached hydrogens (tertiary/aromatic N) is 2. The first-order valence-electron chi connectivity index (χ1n) is 8.87. The molecule has 1 saturated heterocycles. The molecule has 0 atom stereocenters. The third kappa shape index (κ3) is 2.73. The summed E-state index contributed by atoms with van der Waals surface area (Å²) in [6.45, 7) is 5.01. The summed E-state index contributed by atoms with van der Waals surface area (Å²) >= 11 is 1.65. The van der Waals surface area contributed by atoms with Crippen LogP contribution < -0.4 is 4.90 Å². The van der Waals surface area contributed by atoms with E-state index in [2.05, 4.69) is 43.1 Å². The molecule has 126 valence electrons. The minimum Gasteiger partial charge on any atom is -0.374 e. The molecule has 0 aliphatic carbocycles. The predicted octanol–water partition coefficient (Wildman–Crippen LogP) is 4.34. The second-order valence-electron chi connectivity index (χ2n) is 6.99. The number of hydrogen-bond acceptors (Lipinski definition) is 3. The number of rotatable bonds is 2. The van der Waals surface area contributed by atoms with E-state index in [0.29, 0.717) is 0 Å². The topological polar surface area (TPSA) is 23.6 Å². The fourth-order valence-electron chi connectivity index (χ4n) is 3.81. The SMILES string of the molecule is Cc1cc(-c2ccc3c(c2)N(C)CCC3)sc1C(=O)N1CCCC1. The largest absolute Gasteiger partial charge is 0.374 e. The second-order valence-corrected chi connectivity index (χ2v) is 8.04. The van der Waals surface area contributed by atoms with Crippen LogP contribution in [0, 0.1) is 6.92 Å². The standard InChI is InChI=1S/C20H24N2OS/c1-14-12-18(24-19(14)20(23)22-10-3-4-11-22)16-8-7-15-6-5-9-21(2)17(15)13-16/h7-8,12-13H,3-6,9-11H2,1-2H3. The lowest BCUT2D eigenvalue weighted by Gasteiger charge is -2.27. The van der Waals surface area contributed by atoms with E-state index in [1.165, 1.54) is 34.5 Å². The van der Waals surface area contributed by atoms with Gasteiger partial charge in [0.2, 0.25) is 0 Å². The maximum atomic E-state index is 12.7. The van der Waals surface area contributed by atoms with E-state index in [0.717, 1.165) is 42.9 Å². The van der Waals surface area contributed by atoms with E-state index >= 15 is 0 Å². The molecule has 0 saturated carbocycles. The Morgan fingerprint density at radius 1 is 1.08 bits per heavy atom. The van der Waals surface area contributed by atoms with Gasteiger partial charge < -0.3 is 9.80 Å². The number of amides is 1. The van der Waals surface area contributed by atoms with Gasteiger partial charge in [-0.25, -0.2) is 0 Å². The van der Waals surface area contributed by atoms with Crippen molar-refractivity contribution in [3.8, 4) is 10.4 Å². The van der Waals surface area contributed by atoms with Crippen LogP contribution in [0.15, 0.2) is 24.3 Å². The maximum Gasteiger partial charge on any atom is 0.264 e. The van der Waals surface area contributed by atoms with E-state index in [9.17, 15) is 4.79 Å². The summed E-state index contributed by atoms with van der Waals surface area (Å²) in [5.41, 5.74) is 5.13. The van der Waals surface area contributed by atoms with Crippen LogP contribution in [0.25, 0.3) is 10.4 Å². The molecule has 3 heterocycles. The Bertz CT molecular complexity index is 774. The Labute approximate surface area is 147 Å². The summed E-state index contributed by atoms with van der Waals surface area (Å²) < 4.78 is 0. The highest BCUT2D eigenvalue weighted by Gasteiger charge is 2.23. The number of hydrogen-bond donors (Lipinski definition) is 0. The second kappa shape index (κ2) is 6.25. The lowest BCUT2D eigenvalue weighted by Crippen LogP contribution is -2.27. The zero-order valence-electron chi connectivity index (χ0n) is 14.5. The number of fused-ring (bicyclic) bond motifs is 1. The molecule has 1 amide bonds. The predicted molar refractivity (Wildman–Crippen MR) is 101 cm³/mol. The smallest absolute Gasteiger partial charge is 0.264 e. The lowest BCUT2D eigenvalue weighted by molar-refractivity contribution is 0.0797. The molecule has 0 N–H and O–H groups in total. The number of benzene rings is 1. The molecule has 0 radical (unpaired) electrons. The summed E-state index contributed by atoms with van der Waals surface area (Å²) in [6.07, 6.45) is 4.68.